The molecule has 1 aliphatic rings. The second kappa shape index (κ2) is 10.9. The van der Waals surface area contributed by atoms with Crippen molar-refractivity contribution >= 4 is 33.9 Å². The maximum atomic E-state index is 12.5. The van der Waals surface area contributed by atoms with Crippen LogP contribution < -0.4 is 14.2 Å². The SMILES string of the molecule is CC(C)(C)OC(=O)Oc1ccc2ccc3c(c2c1)C(c1ccccc1)c1c(ccc2ccc(OC(=O)OC(C)(C)C)cc12)O3. The summed E-state index contributed by atoms with van der Waals surface area (Å²) in [5.74, 6) is 1.88. The van der Waals surface area contributed by atoms with Gasteiger partial charge in [0.2, 0.25) is 0 Å². The number of carbonyl (C=O) groups excluding carboxylic acids is 2. The number of benzene rings is 5. The Bertz CT molecular complexity index is 1780. The summed E-state index contributed by atoms with van der Waals surface area (Å²) in [6.45, 7) is 10.7. The van der Waals surface area contributed by atoms with Crippen LogP contribution in [0.1, 0.15) is 64.2 Å². The van der Waals surface area contributed by atoms with E-state index in [1.54, 1.807) is 53.7 Å². The fraction of sp³-hybridized carbons (Fsp3) is 0.243. The summed E-state index contributed by atoms with van der Waals surface area (Å²) in [5, 5.41) is 3.67. The third kappa shape index (κ3) is 6.04. The molecule has 1 aliphatic heterocycles. The van der Waals surface area contributed by atoms with Crippen molar-refractivity contribution < 1.29 is 33.3 Å². The first kappa shape index (κ1) is 29.1. The van der Waals surface area contributed by atoms with Gasteiger partial charge in [-0.3, -0.25) is 0 Å². The van der Waals surface area contributed by atoms with E-state index in [0.29, 0.717) is 23.0 Å². The van der Waals surface area contributed by atoms with Crippen LogP contribution in [0.3, 0.4) is 0 Å². The Morgan fingerprint density at radius 2 is 1.02 bits per heavy atom. The standard InChI is InChI=1S/C37H34O7/c1-36(2,3)43-34(38)40-25-16-12-22-14-18-29-32(27(22)20-25)31(24-10-8-7-9-11-24)33-28-21-26(41-35(39)44-37(4,5)6)17-13-23(28)15-19-30(33)42-29/h7-21,31H,1-6H3. The number of rotatable bonds is 3. The van der Waals surface area contributed by atoms with Crippen LogP contribution in [0.5, 0.6) is 23.0 Å². The van der Waals surface area contributed by atoms with Crippen molar-refractivity contribution in [3.8, 4) is 23.0 Å². The quantitative estimate of drug-likeness (QED) is 0.150. The van der Waals surface area contributed by atoms with Gasteiger partial charge < -0.3 is 23.7 Å². The maximum absolute atomic E-state index is 12.5. The Hall–Kier alpha value is -5.04. The molecular formula is C37H34O7. The van der Waals surface area contributed by atoms with Gasteiger partial charge in [0.1, 0.15) is 34.2 Å². The molecule has 0 saturated heterocycles. The minimum atomic E-state index is -0.772. The lowest BCUT2D eigenvalue weighted by Gasteiger charge is -2.31. The monoisotopic (exact) mass is 590 g/mol. The number of ether oxygens (including phenoxy) is 5. The molecule has 224 valence electrons. The minimum Gasteiger partial charge on any atom is -0.457 e. The van der Waals surface area contributed by atoms with E-state index in [4.69, 9.17) is 23.7 Å². The molecule has 0 bridgehead atoms. The van der Waals surface area contributed by atoms with Gasteiger partial charge in [0.05, 0.1) is 0 Å². The van der Waals surface area contributed by atoms with Crippen molar-refractivity contribution in [2.45, 2.75) is 58.7 Å². The second-order valence-corrected chi connectivity index (χ2v) is 12.8. The Balaban J connectivity index is 1.51. The van der Waals surface area contributed by atoms with Crippen molar-refractivity contribution in [2.75, 3.05) is 0 Å². The van der Waals surface area contributed by atoms with Crippen molar-refractivity contribution in [1.29, 1.82) is 0 Å². The number of hydrogen-bond acceptors (Lipinski definition) is 7. The lowest BCUT2D eigenvalue weighted by Crippen LogP contribution is -2.26. The molecule has 0 saturated carbocycles. The van der Waals surface area contributed by atoms with Gasteiger partial charge in [-0.05, 0) is 105 Å². The molecule has 5 aromatic rings. The molecule has 0 amide bonds. The fourth-order valence-electron chi connectivity index (χ4n) is 5.48. The van der Waals surface area contributed by atoms with Crippen LogP contribution >= 0.6 is 0 Å². The van der Waals surface area contributed by atoms with Crippen LogP contribution in [0.25, 0.3) is 21.5 Å². The first-order valence-corrected chi connectivity index (χ1v) is 14.5. The summed E-state index contributed by atoms with van der Waals surface area (Å²) in [7, 11) is 0. The molecule has 0 radical (unpaired) electrons. The van der Waals surface area contributed by atoms with E-state index in [1.165, 1.54) is 0 Å². The number of hydrogen-bond donors (Lipinski definition) is 0. The molecule has 6 rings (SSSR count). The average molecular weight is 591 g/mol. The molecule has 0 aliphatic carbocycles. The van der Waals surface area contributed by atoms with Gasteiger partial charge in [-0.25, -0.2) is 9.59 Å². The van der Waals surface area contributed by atoms with Crippen LogP contribution in [-0.4, -0.2) is 23.5 Å². The highest BCUT2D eigenvalue weighted by atomic mass is 16.7. The minimum absolute atomic E-state index is 0.254. The largest absolute Gasteiger partial charge is 0.514 e. The van der Waals surface area contributed by atoms with E-state index in [0.717, 1.165) is 38.2 Å². The summed E-state index contributed by atoms with van der Waals surface area (Å²) >= 11 is 0. The van der Waals surface area contributed by atoms with Crippen molar-refractivity contribution in [1.82, 2.24) is 0 Å². The predicted molar refractivity (Wildman–Crippen MR) is 169 cm³/mol. The van der Waals surface area contributed by atoms with E-state index in [-0.39, 0.29) is 5.92 Å². The van der Waals surface area contributed by atoms with Gasteiger partial charge in [-0.1, -0.05) is 54.6 Å². The zero-order valence-electron chi connectivity index (χ0n) is 25.6. The van der Waals surface area contributed by atoms with Crippen LogP contribution in [0, 0.1) is 0 Å². The Kier molecular flexibility index (Phi) is 7.20. The first-order chi connectivity index (χ1) is 20.8. The van der Waals surface area contributed by atoms with E-state index in [2.05, 4.69) is 12.1 Å². The summed E-state index contributed by atoms with van der Waals surface area (Å²) in [6, 6.07) is 29.1. The van der Waals surface area contributed by atoms with Crippen LogP contribution in [0.2, 0.25) is 0 Å². The zero-order chi connectivity index (χ0) is 31.2. The topological polar surface area (TPSA) is 80.3 Å². The molecule has 0 atom stereocenters. The predicted octanol–water partition coefficient (Wildman–Crippen LogP) is 9.91. The lowest BCUT2D eigenvalue weighted by molar-refractivity contribution is 0.0193. The highest BCUT2D eigenvalue weighted by Crippen LogP contribution is 2.52. The van der Waals surface area contributed by atoms with Gasteiger partial charge in [0, 0.05) is 17.0 Å². The number of carbonyl (C=O) groups is 2. The molecule has 0 spiro atoms. The highest BCUT2D eigenvalue weighted by Gasteiger charge is 2.33. The Morgan fingerprint density at radius 3 is 1.45 bits per heavy atom. The molecular weight excluding hydrogens is 556 g/mol. The molecule has 5 aromatic carbocycles. The Labute approximate surface area is 256 Å². The van der Waals surface area contributed by atoms with E-state index in [9.17, 15) is 9.59 Å². The van der Waals surface area contributed by atoms with E-state index < -0.39 is 23.5 Å². The van der Waals surface area contributed by atoms with Crippen LogP contribution in [0.15, 0.2) is 91.0 Å². The van der Waals surface area contributed by atoms with Gasteiger partial charge in [0.25, 0.3) is 0 Å². The molecule has 7 nitrogen and oxygen atoms in total. The molecule has 7 heteroatoms. The average Bonchev–Trinajstić information content (AvgIpc) is 2.94. The van der Waals surface area contributed by atoms with Gasteiger partial charge in [0.15, 0.2) is 0 Å². The van der Waals surface area contributed by atoms with Gasteiger partial charge in [-0.2, -0.15) is 0 Å². The van der Waals surface area contributed by atoms with Crippen molar-refractivity contribution in [3.05, 3.63) is 108 Å². The molecule has 0 fully saturated rings. The molecule has 0 unspecified atom stereocenters. The smallest absolute Gasteiger partial charge is 0.457 e. The summed E-state index contributed by atoms with van der Waals surface area (Å²) in [5.41, 5.74) is 1.55. The zero-order valence-corrected chi connectivity index (χ0v) is 25.6. The Morgan fingerprint density at radius 1 is 0.591 bits per heavy atom. The third-order valence-corrected chi connectivity index (χ3v) is 7.10. The highest BCUT2D eigenvalue weighted by molar-refractivity contribution is 5.96. The normalized spacial score (nSPS) is 13.0. The maximum Gasteiger partial charge on any atom is 0.514 e. The van der Waals surface area contributed by atoms with Crippen LogP contribution in [-0.2, 0) is 9.47 Å². The van der Waals surface area contributed by atoms with Crippen molar-refractivity contribution in [3.63, 3.8) is 0 Å². The van der Waals surface area contributed by atoms with Gasteiger partial charge >= 0.3 is 12.3 Å². The fourth-order valence-corrected chi connectivity index (χ4v) is 5.48. The van der Waals surface area contributed by atoms with Gasteiger partial charge in [-0.15, -0.1) is 0 Å². The summed E-state index contributed by atoms with van der Waals surface area (Å²) in [6.07, 6.45) is -1.54. The second-order valence-electron chi connectivity index (χ2n) is 12.8. The summed E-state index contributed by atoms with van der Waals surface area (Å²) in [4.78, 5) is 25.0. The van der Waals surface area contributed by atoms with E-state index >= 15 is 0 Å². The summed E-state index contributed by atoms with van der Waals surface area (Å²) < 4.78 is 28.5. The molecule has 0 aromatic heterocycles. The molecule has 44 heavy (non-hydrogen) atoms. The molecule has 0 N–H and O–H groups in total. The molecule has 1 heterocycles. The number of fused-ring (bicyclic) bond motifs is 6. The van der Waals surface area contributed by atoms with E-state index in [1.807, 2.05) is 66.7 Å². The van der Waals surface area contributed by atoms with Crippen LogP contribution in [0.4, 0.5) is 9.59 Å². The lowest BCUT2D eigenvalue weighted by atomic mass is 9.78. The third-order valence-electron chi connectivity index (χ3n) is 7.10. The van der Waals surface area contributed by atoms with Crippen molar-refractivity contribution in [2.24, 2.45) is 0 Å². The first-order valence-electron chi connectivity index (χ1n) is 14.5.